The zero-order chi connectivity index (χ0) is 20.8. The van der Waals surface area contributed by atoms with Gasteiger partial charge >= 0.3 is 6.03 Å². The molecule has 1 aromatic carbocycles. The Morgan fingerprint density at radius 2 is 1.74 bits per heavy atom. The van der Waals surface area contributed by atoms with Gasteiger partial charge in [0.2, 0.25) is 0 Å². The van der Waals surface area contributed by atoms with E-state index in [1.807, 2.05) is 41.5 Å². The van der Waals surface area contributed by atoms with Gasteiger partial charge in [0.25, 0.3) is 0 Å². The fraction of sp³-hybridized carbons (Fsp3) is 0.600. The van der Waals surface area contributed by atoms with Crippen molar-refractivity contribution in [3.63, 3.8) is 0 Å². The van der Waals surface area contributed by atoms with Gasteiger partial charge in [0.05, 0.1) is 5.56 Å². The highest BCUT2D eigenvalue weighted by atomic mass is 16.5. The predicted molar refractivity (Wildman–Crippen MR) is 108 cm³/mol. The van der Waals surface area contributed by atoms with Crippen molar-refractivity contribution in [2.75, 3.05) is 18.5 Å². The summed E-state index contributed by atoms with van der Waals surface area (Å²) in [4.78, 5) is 23.9. The van der Waals surface area contributed by atoms with Crippen LogP contribution in [0, 0.1) is 0 Å². The molecule has 1 aromatic rings. The normalized spacial score (nSPS) is 13.0. The van der Waals surface area contributed by atoms with Gasteiger partial charge in [0.15, 0.2) is 5.78 Å². The molecule has 4 N–H and O–H groups in total. The number of β-amino-alcohol motifs (C(OH)–C–C–N with tert-alkyl or cyclic N) is 1. The molecule has 0 aromatic heterocycles. The van der Waals surface area contributed by atoms with Crippen LogP contribution in [0.4, 0.5) is 10.5 Å². The predicted octanol–water partition coefficient (Wildman–Crippen LogP) is 2.94. The largest absolute Gasteiger partial charge is 0.490 e. The van der Waals surface area contributed by atoms with Crippen LogP contribution < -0.4 is 20.7 Å². The van der Waals surface area contributed by atoms with Gasteiger partial charge in [-0.25, -0.2) is 4.79 Å². The molecule has 1 unspecified atom stereocenters. The molecule has 0 aliphatic rings. The molecular formula is C20H33N3O4. The summed E-state index contributed by atoms with van der Waals surface area (Å²) in [7, 11) is 0. The molecule has 0 aliphatic heterocycles. The second-order valence-electron chi connectivity index (χ2n) is 8.69. The van der Waals surface area contributed by atoms with E-state index in [-0.39, 0.29) is 29.5 Å². The van der Waals surface area contributed by atoms with Gasteiger partial charge in [-0.15, -0.1) is 0 Å². The van der Waals surface area contributed by atoms with Crippen LogP contribution in [0.1, 0.15) is 58.8 Å². The molecular weight excluding hydrogens is 346 g/mol. The van der Waals surface area contributed by atoms with Crippen molar-refractivity contribution in [2.45, 2.75) is 65.6 Å². The number of ketones is 1. The van der Waals surface area contributed by atoms with Gasteiger partial charge in [-0.1, -0.05) is 0 Å². The molecule has 0 radical (unpaired) electrons. The van der Waals surface area contributed by atoms with Crippen molar-refractivity contribution in [1.29, 1.82) is 0 Å². The monoisotopic (exact) mass is 379 g/mol. The molecule has 7 heteroatoms. The maximum Gasteiger partial charge on any atom is 0.319 e. The van der Waals surface area contributed by atoms with Crippen LogP contribution >= 0.6 is 0 Å². The molecule has 152 valence electrons. The summed E-state index contributed by atoms with van der Waals surface area (Å²) < 4.78 is 5.63. The van der Waals surface area contributed by atoms with Gasteiger partial charge in [-0.05, 0) is 66.7 Å². The van der Waals surface area contributed by atoms with Crippen LogP contribution in [0.25, 0.3) is 0 Å². The third-order valence-electron chi connectivity index (χ3n) is 3.40. The summed E-state index contributed by atoms with van der Waals surface area (Å²) in [5.41, 5.74) is 0.365. The number of carbonyl (C=O) groups is 2. The number of ether oxygens (including phenoxy) is 1. The molecule has 27 heavy (non-hydrogen) atoms. The molecule has 0 fully saturated rings. The maximum atomic E-state index is 12.0. The maximum absolute atomic E-state index is 12.0. The summed E-state index contributed by atoms with van der Waals surface area (Å²) in [5.74, 6) is 0.186. The number of carbonyl (C=O) groups excluding carboxylic acids is 2. The highest BCUT2D eigenvalue weighted by Crippen LogP contribution is 2.24. The van der Waals surface area contributed by atoms with Crippen molar-refractivity contribution in [3.8, 4) is 5.75 Å². The smallest absolute Gasteiger partial charge is 0.319 e. The summed E-state index contributed by atoms with van der Waals surface area (Å²) in [6, 6.07) is 4.49. The Morgan fingerprint density at radius 1 is 1.11 bits per heavy atom. The number of urea groups is 1. The van der Waals surface area contributed by atoms with Crippen molar-refractivity contribution in [2.24, 2.45) is 0 Å². The Hall–Kier alpha value is -2.12. The minimum absolute atomic E-state index is 0.0562. The average Bonchev–Trinajstić information content (AvgIpc) is 2.48. The third kappa shape index (κ3) is 9.40. The van der Waals surface area contributed by atoms with Crippen molar-refractivity contribution < 1.29 is 19.4 Å². The molecule has 0 saturated carbocycles. The molecule has 1 rings (SSSR count). The van der Waals surface area contributed by atoms with E-state index in [2.05, 4.69) is 16.0 Å². The number of hydrogen-bond acceptors (Lipinski definition) is 5. The molecule has 0 aliphatic carbocycles. The Bertz CT molecular complexity index is 660. The highest BCUT2D eigenvalue weighted by molar-refractivity contribution is 5.99. The van der Waals surface area contributed by atoms with Crippen LogP contribution in [0.2, 0.25) is 0 Å². The third-order valence-corrected chi connectivity index (χ3v) is 3.40. The first-order valence-corrected chi connectivity index (χ1v) is 9.07. The van der Waals surface area contributed by atoms with E-state index in [1.165, 1.54) is 6.92 Å². The lowest BCUT2D eigenvalue weighted by atomic mass is 10.1. The lowest BCUT2D eigenvalue weighted by molar-refractivity contribution is 0.0950. The van der Waals surface area contributed by atoms with E-state index < -0.39 is 6.10 Å². The first kappa shape index (κ1) is 22.9. The molecule has 7 nitrogen and oxygen atoms in total. The fourth-order valence-corrected chi connectivity index (χ4v) is 2.18. The minimum Gasteiger partial charge on any atom is -0.490 e. The Balaban J connectivity index is 2.76. The lowest BCUT2D eigenvalue weighted by Crippen LogP contribution is -2.43. The lowest BCUT2D eigenvalue weighted by Gasteiger charge is -2.23. The minimum atomic E-state index is -0.709. The van der Waals surface area contributed by atoms with E-state index in [0.29, 0.717) is 23.5 Å². The van der Waals surface area contributed by atoms with Crippen LogP contribution in [0.3, 0.4) is 0 Å². The highest BCUT2D eigenvalue weighted by Gasteiger charge is 2.17. The van der Waals surface area contributed by atoms with Crippen molar-refractivity contribution in [1.82, 2.24) is 10.6 Å². The van der Waals surface area contributed by atoms with Crippen LogP contribution in [0.5, 0.6) is 5.75 Å². The molecule has 0 bridgehead atoms. The van der Waals surface area contributed by atoms with Crippen LogP contribution in [-0.4, -0.2) is 47.3 Å². The zero-order valence-corrected chi connectivity index (χ0v) is 17.4. The van der Waals surface area contributed by atoms with Gasteiger partial charge in [0, 0.05) is 23.3 Å². The second kappa shape index (κ2) is 9.19. The Morgan fingerprint density at radius 3 is 2.26 bits per heavy atom. The number of aliphatic hydroxyl groups excluding tert-OH is 1. The number of aliphatic hydroxyl groups is 1. The fourth-order valence-electron chi connectivity index (χ4n) is 2.18. The summed E-state index contributed by atoms with van der Waals surface area (Å²) >= 11 is 0. The number of anilines is 1. The second-order valence-corrected chi connectivity index (χ2v) is 8.69. The summed E-state index contributed by atoms with van der Waals surface area (Å²) in [6.45, 7) is 13.5. The van der Waals surface area contributed by atoms with E-state index in [9.17, 15) is 14.7 Å². The molecule has 2 amide bonds. The number of benzene rings is 1. The Kier molecular flexibility index (Phi) is 7.80. The standard InChI is InChI=1S/C20H33N3O4/c1-13(24)16-10-14(22-18(26)23-20(5,6)7)8-9-17(16)27-12-15(25)11-21-19(2,3)4/h8-10,15,21,25H,11-12H2,1-7H3,(H2,22,23,26). The number of nitrogens with one attached hydrogen (secondary N) is 3. The van der Waals surface area contributed by atoms with E-state index in [0.717, 1.165) is 0 Å². The molecule has 0 saturated heterocycles. The van der Waals surface area contributed by atoms with Crippen LogP contribution in [0.15, 0.2) is 18.2 Å². The topological polar surface area (TPSA) is 99.7 Å². The molecule has 0 heterocycles. The van der Waals surface area contributed by atoms with Gasteiger partial charge in [-0.2, -0.15) is 0 Å². The Labute approximate surface area is 161 Å². The number of rotatable bonds is 7. The first-order valence-electron chi connectivity index (χ1n) is 9.07. The molecule has 1 atom stereocenters. The van der Waals surface area contributed by atoms with Gasteiger partial charge < -0.3 is 25.8 Å². The van der Waals surface area contributed by atoms with Crippen LogP contribution in [-0.2, 0) is 0 Å². The number of hydrogen-bond donors (Lipinski definition) is 4. The first-order chi connectivity index (χ1) is 12.3. The summed E-state index contributed by atoms with van der Waals surface area (Å²) in [5, 5.41) is 18.7. The average molecular weight is 380 g/mol. The van der Waals surface area contributed by atoms with E-state index in [1.54, 1.807) is 18.2 Å². The quantitative estimate of drug-likeness (QED) is 0.546. The SMILES string of the molecule is CC(=O)c1cc(NC(=O)NC(C)(C)C)ccc1OCC(O)CNC(C)(C)C. The van der Waals surface area contributed by atoms with Gasteiger partial charge in [0.1, 0.15) is 18.5 Å². The van der Waals surface area contributed by atoms with Gasteiger partial charge in [-0.3, -0.25) is 4.79 Å². The van der Waals surface area contributed by atoms with E-state index >= 15 is 0 Å². The van der Waals surface area contributed by atoms with Crippen molar-refractivity contribution in [3.05, 3.63) is 23.8 Å². The zero-order valence-electron chi connectivity index (χ0n) is 17.4. The number of Topliss-reactive ketones (excluding diaryl/α,β-unsaturated/α-hetero) is 1. The van der Waals surface area contributed by atoms with E-state index in [4.69, 9.17) is 4.74 Å². The summed E-state index contributed by atoms with van der Waals surface area (Å²) in [6.07, 6.45) is -0.709. The molecule has 0 spiro atoms. The van der Waals surface area contributed by atoms with Crippen molar-refractivity contribution >= 4 is 17.5 Å². The number of amides is 2.